The molecule has 33 heavy (non-hydrogen) atoms. The van der Waals surface area contributed by atoms with Crippen LogP contribution in [0, 0.1) is 0 Å². The molecule has 0 bridgehead atoms. The van der Waals surface area contributed by atoms with E-state index in [0.29, 0.717) is 38.0 Å². The molecule has 0 radical (unpaired) electrons. The van der Waals surface area contributed by atoms with Crippen molar-refractivity contribution >= 4 is 46.7 Å². The second-order valence-electron chi connectivity index (χ2n) is 6.82. The molecular weight excluding hydrogens is 474 g/mol. The van der Waals surface area contributed by atoms with Crippen LogP contribution in [0.15, 0.2) is 100 Å². The van der Waals surface area contributed by atoms with Gasteiger partial charge in [0.15, 0.2) is 5.16 Å². The van der Waals surface area contributed by atoms with E-state index in [-0.39, 0.29) is 5.91 Å². The molecule has 0 fully saturated rings. The van der Waals surface area contributed by atoms with Crippen LogP contribution in [-0.2, 0) is 5.75 Å². The van der Waals surface area contributed by atoms with Gasteiger partial charge < -0.3 is 10.1 Å². The lowest BCUT2D eigenvalue weighted by molar-refractivity contribution is 0.101. The summed E-state index contributed by atoms with van der Waals surface area (Å²) < 4.78 is 5.36. The maximum Gasteiger partial charge on any atom is 0.275 e. The first-order chi connectivity index (χ1) is 16.1. The van der Waals surface area contributed by atoms with Crippen LogP contribution in [0.25, 0.3) is 0 Å². The van der Waals surface area contributed by atoms with Gasteiger partial charge in [0.1, 0.15) is 11.4 Å². The zero-order valence-electron chi connectivity index (χ0n) is 17.7. The summed E-state index contributed by atoms with van der Waals surface area (Å²) in [7, 11) is 1.57. The van der Waals surface area contributed by atoms with Crippen LogP contribution < -0.4 is 10.1 Å². The number of anilines is 1. The molecule has 5 nitrogen and oxygen atoms in total. The Hall–Kier alpha value is -3.00. The molecule has 3 aromatic carbocycles. The second kappa shape index (κ2) is 11.2. The van der Waals surface area contributed by atoms with Crippen LogP contribution in [0.4, 0.5) is 5.69 Å². The van der Waals surface area contributed by atoms with Crippen molar-refractivity contribution in [3.05, 3.63) is 101 Å². The van der Waals surface area contributed by atoms with E-state index in [2.05, 4.69) is 15.3 Å². The SMILES string of the molecule is COc1ccccc1NC(=O)c1nc(SCc2ccccc2Cl)ncc1Sc1ccccc1. The normalized spacial score (nSPS) is 10.6. The predicted molar refractivity (Wildman–Crippen MR) is 135 cm³/mol. The number of amides is 1. The summed E-state index contributed by atoms with van der Waals surface area (Å²) in [5.41, 5.74) is 1.85. The van der Waals surface area contributed by atoms with Gasteiger partial charge in [0, 0.05) is 21.9 Å². The van der Waals surface area contributed by atoms with Gasteiger partial charge in [0.2, 0.25) is 0 Å². The third-order valence-corrected chi connectivity index (χ3v) is 6.89. The average Bonchev–Trinajstić information content (AvgIpc) is 2.85. The molecule has 0 atom stereocenters. The molecule has 1 heterocycles. The Kier molecular flexibility index (Phi) is 7.88. The molecule has 8 heteroatoms. The molecule has 0 spiro atoms. The quantitative estimate of drug-likeness (QED) is 0.214. The first-order valence-corrected chi connectivity index (χ1v) is 12.2. The number of carbonyl (C=O) groups excluding carboxylic acids is 1. The molecule has 4 rings (SSSR count). The van der Waals surface area contributed by atoms with Crippen LogP contribution >= 0.6 is 35.1 Å². The Labute approximate surface area is 206 Å². The standard InChI is InChI=1S/C25H20ClN3O2S2/c1-31-21-14-8-7-13-20(21)28-24(30)23-22(33-18-10-3-2-4-11-18)15-27-25(29-23)32-16-17-9-5-6-12-19(17)26/h2-15H,16H2,1H3,(H,28,30). The van der Waals surface area contributed by atoms with Crippen LogP contribution in [-0.4, -0.2) is 23.0 Å². The average molecular weight is 494 g/mol. The van der Waals surface area contributed by atoms with E-state index in [4.69, 9.17) is 16.3 Å². The number of nitrogens with one attached hydrogen (secondary N) is 1. The van der Waals surface area contributed by atoms with Gasteiger partial charge in [-0.15, -0.1) is 0 Å². The highest BCUT2D eigenvalue weighted by Crippen LogP contribution is 2.32. The number of aromatic nitrogens is 2. The van der Waals surface area contributed by atoms with Gasteiger partial charge in [-0.25, -0.2) is 9.97 Å². The number of hydrogen-bond donors (Lipinski definition) is 1. The molecule has 1 aromatic heterocycles. The lowest BCUT2D eigenvalue weighted by Gasteiger charge is -2.12. The van der Waals surface area contributed by atoms with Gasteiger partial charge in [-0.2, -0.15) is 0 Å². The fraction of sp³-hybridized carbons (Fsp3) is 0.0800. The Balaban J connectivity index is 1.62. The minimum absolute atomic E-state index is 0.298. The van der Waals surface area contributed by atoms with Crippen molar-refractivity contribution in [2.24, 2.45) is 0 Å². The molecule has 0 aliphatic heterocycles. The lowest BCUT2D eigenvalue weighted by Crippen LogP contribution is -2.16. The molecule has 1 N–H and O–H groups in total. The van der Waals surface area contributed by atoms with Gasteiger partial charge in [-0.05, 0) is 35.9 Å². The van der Waals surface area contributed by atoms with Gasteiger partial charge in [-0.1, -0.05) is 83.7 Å². The van der Waals surface area contributed by atoms with Crippen molar-refractivity contribution in [2.75, 3.05) is 12.4 Å². The lowest BCUT2D eigenvalue weighted by atomic mass is 10.2. The number of benzene rings is 3. The number of nitrogens with zero attached hydrogens (tertiary/aromatic N) is 2. The Morgan fingerprint density at radius 3 is 2.52 bits per heavy atom. The number of hydrogen-bond acceptors (Lipinski definition) is 6. The molecule has 0 aliphatic rings. The number of halogens is 1. The van der Waals surface area contributed by atoms with Crippen molar-refractivity contribution in [2.45, 2.75) is 20.7 Å². The molecule has 0 saturated carbocycles. The van der Waals surface area contributed by atoms with Crippen molar-refractivity contribution in [1.29, 1.82) is 0 Å². The zero-order valence-corrected chi connectivity index (χ0v) is 20.1. The largest absolute Gasteiger partial charge is 0.495 e. The number of methoxy groups -OCH3 is 1. The van der Waals surface area contributed by atoms with Gasteiger partial charge in [-0.3, -0.25) is 4.79 Å². The number of thioether (sulfide) groups is 1. The van der Waals surface area contributed by atoms with Gasteiger partial charge >= 0.3 is 0 Å². The van der Waals surface area contributed by atoms with Crippen molar-refractivity contribution < 1.29 is 9.53 Å². The molecule has 0 unspecified atom stereocenters. The summed E-state index contributed by atoms with van der Waals surface area (Å²) in [4.78, 5) is 24.0. The second-order valence-corrected chi connectivity index (χ2v) is 9.28. The minimum Gasteiger partial charge on any atom is -0.495 e. The first kappa shape index (κ1) is 23.2. The highest BCUT2D eigenvalue weighted by atomic mass is 35.5. The fourth-order valence-electron chi connectivity index (χ4n) is 2.96. The van der Waals surface area contributed by atoms with Crippen molar-refractivity contribution in [3.8, 4) is 5.75 Å². The smallest absolute Gasteiger partial charge is 0.275 e. The van der Waals surface area contributed by atoms with E-state index in [1.165, 1.54) is 23.5 Å². The van der Waals surface area contributed by atoms with E-state index in [9.17, 15) is 4.79 Å². The van der Waals surface area contributed by atoms with Crippen molar-refractivity contribution in [1.82, 2.24) is 9.97 Å². The highest BCUT2D eigenvalue weighted by Gasteiger charge is 2.18. The van der Waals surface area contributed by atoms with Crippen LogP contribution in [0.3, 0.4) is 0 Å². The van der Waals surface area contributed by atoms with Gasteiger partial charge in [0.25, 0.3) is 5.91 Å². The third-order valence-electron chi connectivity index (χ3n) is 4.59. The zero-order chi connectivity index (χ0) is 23.0. The van der Waals surface area contributed by atoms with E-state index >= 15 is 0 Å². The van der Waals surface area contributed by atoms with E-state index in [1.54, 1.807) is 25.4 Å². The summed E-state index contributed by atoms with van der Waals surface area (Å²) in [6.07, 6.45) is 1.69. The molecule has 166 valence electrons. The first-order valence-electron chi connectivity index (χ1n) is 10.0. The highest BCUT2D eigenvalue weighted by molar-refractivity contribution is 7.99. The maximum absolute atomic E-state index is 13.3. The fourth-order valence-corrected chi connectivity index (χ4v) is 4.95. The molecule has 4 aromatic rings. The van der Waals surface area contributed by atoms with Crippen LogP contribution in [0.1, 0.15) is 16.1 Å². The number of carbonyl (C=O) groups is 1. The van der Waals surface area contributed by atoms with Crippen molar-refractivity contribution in [3.63, 3.8) is 0 Å². The molecule has 1 amide bonds. The molecular formula is C25H20ClN3O2S2. The van der Waals surface area contributed by atoms with Crippen LogP contribution in [0.2, 0.25) is 5.02 Å². The number of rotatable bonds is 8. The molecule has 0 aliphatic carbocycles. The Morgan fingerprint density at radius 1 is 1.00 bits per heavy atom. The maximum atomic E-state index is 13.3. The minimum atomic E-state index is -0.333. The van der Waals surface area contributed by atoms with E-state index in [1.807, 2.05) is 66.7 Å². The monoisotopic (exact) mass is 493 g/mol. The Morgan fingerprint density at radius 2 is 1.73 bits per heavy atom. The van der Waals surface area contributed by atoms with Gasteiger partial charge in [0.05, 0.1) is 17.7 Å². The summed E-state index contributed by atoms with van der Waals surface area (Å²) in [5, 5.41) is 4.10. The topological polar surface area (TPSA) is 64.1 Å². The third kappa shape index (κ3) is 6.07. The predicted octanol–water partition coefficient (Wildman–Crippen LogP) is 6.83. The number of para-hydroxylation sites is 2. The summed E-state index contributed by atoms with van der Waals surface area (Å²) in [6, 6.07) is 24.7. The number of ether oxygens (including phenoxy) is 1. The molecule has 0 saturated heterocycles. The summed E-state index contributed by atoms with van der Waals surface area (Å²) in [6.45, 7) is 0. The summed E-state index contributed by atoms with van der Waals surface area (Å²) in [5.74, 6) is 0.837. The van der Waals surface area contributed by atoms with E-state index < -0.39 is 0 Å². The summed E-state index contributed by atoms with van der Waals surface area (Å²) >= 11 is 9.14. The van der Waals surface area contributed by atoms with Crippen LogP contribution in [0.5, 0.6) is 5.75 Å². The Bertz CT molecular complexity index is 1260. The van der Waals surface area contributed by atoms with E-state index in [0.717, 1.165) is 10.5 Å².